The average Bonchev–Trinajstić information content (AvgIpc) is 2.47. The number of carbonyl (C=O) groups excluding carboxylic acids is 1. The highest BCUT2D eigenvalue weighted by Gasteiger charge is 2.26. The molecule has 1 fully saturated rings. The van der Waals surface area contributed by atoms with Gasteiger partial charge in [0.25, 0.3) is 0 Å². The molecule has 1 aliphatic heterocycles. The molecule has 1 aromatic rings. The molecular weight excluding hydrogens is 270 g/mol. The summed E-state index contributed by atoms with van der Waals surface area (Å²) in [6.07, 6.45) is 1.14. The van der Waals surface area contributed by atoms with Crippen LogP contribution in [0.5, 0.6) is 0 Å². The van der Waals surface area contributed by atoms with E-state index in [0.29, 0.717) is 26.0 Å². The molecule has 0 saturated carbocycles. The fourth-order valence-corrected chi connectivity index (χ4v) is 2.46. The predicted octanol–water partition coefficient (Wildman–Crippen LogP) is 1.95. The Labute approximate surface area is 124 Å². The van der Waals surface area contributed by atoms with Crippen molar-refractivity contribution in [1.82, 2.24) is 4.90 Å². The van der Waals surface area contributed by atoms with Crippen LogP contribution in [0, 0.1) is 0 Å². The Hall–Kier alpha value is -1.88. The van der Waals surface area contributed by atoms with Crippen molar-refractivity contribution in [2.75, 3.05) is 13.2 Å². The molecule has 1 aromatic carbocycles. The molecule has 0 unspecified atom stereocenters. The van der Waals surface area contributed by atoms with Crippen molar-refractivity contribution in [3.05, 3.63) is 35.4 Å². The second-order valence-electron chi connectivity index (χ2n) is 5.54. The van der Waals surface area contributed by atoms with E-state index in [-0.39, 0.29) is 23.6 Å². The number of hydrogen-bond donors (Lipinski definition) is 1. The first-order chi connectivity index (χ1) is 9.97. The number of carboxylic acid groups (broad SMARTS) is 1. The molecule has 1 N–H and O–H groups in total. The first-order valence-electron chi connectivity index (χ1n) is 7.20. The van der Waals surface area contributed by atoms with Gasteiger partial charge in [-0.15, -0.1) is 0 Å². The Bertz CT molecular complexity index is 512. The Morgan fingerprint density at radius 1 is 1.29 bits per heavy atom. The van der Waals surface area contributed by atoms with E-state index in [4.69, 9.17) is 9.84 Å². The molecule has 114 valence electrons. The van der Waals surface area contributed by atoms with E-state index in [1.54, 1.807) is 24.3 Å². The number of aromatic carboxylic acids is 1. The monoisotopic (exact) mass is 291 g/mol. The molecule has 1 amide bonds. The Balaban J connectivity index is 1.89. The van der Waals surface area contributed by atoms with Gasteiger partial charge in [0.05, 0.1) is 24.3 Å². The van der Waals surface area contributed by atoms with E-state index in [1.165, 1.54) is 0 Å². The molecular formula is C16H21NO4. The Morgan fingerprint density at radius 2 is 1.95 bits per heavy atom. The molecule has 2 rings (SSSR count). The highest BCUT2D eigenvalue weighted by Crippen LogP contribution is 2.14. The van der Waals surface area contributed by atoms with Gasteiger partial charge in [0, 0.05) is 13.0 Å². The molecule has 1 saturated heterocycles. The van der Waals surface area contributed by atoms with Gasteiger partial charge in [-0.05, 0) is 38.0 Å². The summed E-state index contributed by atoms with van der Waals surface area (Å²) in [5, 5.41) is 8.85. The summed E-state index contributed by atoms with van der Waals surface area (Å²) in [6.45, 7) is 5.18. The third-order valence-electron chi connectivity index (χ3n) is 3.76. The third kappa shape index (κ3) is 4.04. The molecule has 0 radical (unpaired) electrons. The lowest BCUT2D eigenvalue weighted by Crippen LogP contribution is -2.50. The molecule has 5 heteroatoms. The third-order valence-corrected chi connectivity index (χ3v) is 3.76. The van der Waals surface area contributed by atoms with Gasteiger partial charge >= 0.3 is 5.97 Å². The van der Waals surface area contributed by atoms with E-state index in [9.17, 15) is 9.59 Å². The summed E-state index contributed by atoms with van der Waals surface area (Å²) in [7, 11) is 0. The van der Waals surface area contributed by atoms with Crippen LogP contribution in [0.4, 0.5) is 0 Å². The van der Waals surface area contributed by atoms with Gasteiger partial charge < -0.3 is 14.7 Å². The zero-order valence-electron chi connectivity index (χ0n) is 12.4. The average molecular weight is 291 g/mol. The van der Waals surface area contributed by atoms with E-state index >= 15 is 0 Å². The van der Waals surface area contributed by atoms with Gasteiger partial charge in [0.2, 0.25) is 5.91 Å². The first kappa shape index (κ1) is 15.5. The summed E-state index contributed by atoms with van der Waals surface area (Å²) in [6, 6.07) is 6.79. The molecule has 5 nitrogen and oxygen atoms in total. The molecule has 0 aromatic heterocycles. The van der Waals surface area contributed by atoms with Gasteiger partial charge in [-0.2, -0.15) is 0 Å². The normalized spacial score (nSPS) is 22.1. The number of carboxylic acids is 1. The predicted molar refractivity (Wildman–Crippen MR) is 78.3 cm³/mol. The minimum absolute atomic E-state index is 0.0833. The molecule has 0 aliphatic carbocycles. The smallest absolute Gasteiger partial charge is 0.335 e. The minimum Gasteiger partial charge on any atom is -0.478 e. The zero-order chi connectivity index (χ0) is 15.4. The van der Waals surface area contributed by atoms with Crippen molar-refractivity contribution in [3.63, 3.8) is 0 Å². The minimum atomic E-state index is -0.936. The van der Waals surface area contributed by atoms with Crippen molar-refractivity contribution in [2.45, 2.75) is 38.8 Å². The number of benzene rings is 1. The number of ether oxygens (including phenoxy) is 1. The second-order valence-corrected chi connectivity index (χ2v) is 5.54. The summed E-state index contributed by atoms with van der Waals surface area (Å²) in [4.78, 5) is 24.9. The summed E-state index contributed by atoms with van der Waals surface area (Å²) in [5.74, 6) is -0.811. The number of nitrogens with zero attached hydrogens (tertiary/aromatic N) is 1. The van der Waals surface area contributed by atoms with E-state index in [0.717, 1.165) is 5.56 Å². The number of hydrogen-bond acceptors (Lipinski definition) is 3. The van der Waals surface area contributed by atoms with E-state index < -0.39 is 5.97 Å². The Kier molecular flexibility index (Phi) is 4.96. The van der Waals surface area contributed by atoms with Gasteiger partial charge in [-0.25, -0.2) is 4.79 Å². The maximum absolute atomic E-state index is 12.3. The van der Waals surface area contributed by atoms with Crippen LogP contribution < -0.4 is 0 Å². The van der Waals surface area contributed by atoms with Crippen LogP contribution in [-0.4, -0.2) is 47.2 Å². The van der Waals surface area contributed by atoms with Crippen molar-refractivity contribution in [3.8, 4) is 0 Å². The Morgan fingerprint density at radius 3 is 2.57 bits per heavy atom. The molecule has 1 heterocycles. The molecule has 0 bridgehead atoms. The molecule has 21 heavy (non-hydrogen) atoms. The van der Waals surface area contributed by atoms with Crippen LogP contribution in [0.25, 0.3) is 0 Å². The first-order valence-corrected chi connectivity index (χ1v) is 7.20. The van der Waals surface area contributed by atoms with Crippen LogP contribution in [0.1, 0.15) is 36.2 Å². The van der Waals surface area contributed by atoms with Crippen molar-refractivity contribution in [1.29, 1.82) is 0 Å². The zero-order valence-corrected chi connectivity index (χ0v) is 12.4. The summed E-state index contributed by atoms with van der Waals surface area (Å²) >= 11 is 0. The van der Waals surface area contributed by atoms with Crippen LogP contribution in [0.3, 0.4) is 0 Å². The van der Waals surface area contributed by atoms with Crippen molar-refractivity contribution >= 4 is 11.9 Å². The van der Waals surface area contributed by atoms with E-state index in [2.05, 4.69) is 0 Å². The van der Waals surface area contributed by atoms with Crippen LogP contribution in [-0.2, 0) is 16.0 Å². The number of rotatable bonds is 4. The highest BCUT2D eigenvalue weighted by molar-refractivity contribution is 5.87. The van der Waals surface area contributed by atoms with E-state index in [1.807, 2.05) is 18.7 Å². The van der Waals surface area contributed by atoms with Gasteiger partial charge in [0.15, 0.2) is 0 Å². The van der Waals surface area contributed by atoms with Gasteiger partial charge in [-0.3, -0.25) is 4.79 Å². The van der Waals surface area contributed by atoms with Gasteiger partial charge in [0.1, 0.15) is 0 Å². The lowest BCUT2D eigenvalue weighted by Gasteiger charge is -2.36. The summed E-state index contributed by atoms with van der Waals surface area (Å²) < 4.78 is 5.52. The van der Waals surface area contributed by atoms with Gasteiger partial charge in [-0.1, -0.05) is 12.1 Å². The lowest BCUT2D eigenvalue weighted by atomic mass is 10.1. The van der Waals surface area contributed by atoms with Crippen molar-refractivity contribution in [2.24, 2.45) is 0 Å². The second kappa shape index (κ2) is 6.72. The number of aryl methyl sites for hydroxylation is 1. The van der Waals surface area contributed by atoms with Crippen LogP contribution in [0.2, 0.25) is 0 Å². The molecule has 2 atom stereocenters. The summed E-state index contributed by atoms with van der Waals surface area (Å²) in [5.41, 5.74) is 1.24. The van der Waals surface area contributed by atoms with Crippen LogP contribution in [0.15, 0.2) is 24.3 Å². The number of morpholine rings is 1. The van der Waals surface area contributed by atoms with Crippen LogP contribution >= 0.6 is 0 Å². The maximum atomic E-state index is 12.3. The fourth-order valence-electron chi connectivity index (χ4n) is 2.46. The highest BCUT2D eigenvalue weighted by atomic mass is 16.5. The topological polar surface area (TPSA) is 66.8 Å². The SMILES string of the molecule is C[C@@H]1CO[C@@H](C)CN1C(=O)CCc1ccc(C(=O)O)cc1. The number of carbonyl (C=O) groups is 2. The van der Waals surface area contributed by atoms with Crippen molar-refractivity contribution < 1.29 is 19.4 Å². The number of amides is 1. The largest absolute Gasteiger partial charge is 0.478 e. The quantitative estimate of drug-likeness (QED) is 0.920. The maximum Gasteiger partial charge on any atom is 0.335 e. The standard InChI is InChI=1S/C16H21NO4/c1-11-10-21-12(2)9-17(11)15(18)8-5-13-3-6-14(7-4-13)16(19)20/h3-4,6-7,11-12H,5,8-10H2,1-2H3,(H,19,20)/t11-,12+/m1/s1. The molecule has 0 spiro atoms. The fraction of sp³-hybridized carbons (Fsp3) is 0.500. The lowest BCUT2D eigenvalue weighted by molar-refractivity contribution is -0.143. The molecule has 1 aliphatic rings.